The fourth-order valence-electron chi connectivity index (χ4n) is 8.73. The molecule has 416 valence electrons. The molecule has 0 aliphatic rings. The zero-order chi connectivity index (χ0) is 52.2. The Hall–Kier alpha value is -3.15. The van der Waals surface area contributed by atoms with Crippen LogP contribution in [0, 0.1) is 0 Å². The number of unbranched alkanes of at least 4 members (excludes halogenated alkanes) is 33. The third kappa shape index (κ3) is 57.7. The second-order valence-corrected chi connectivity index (χ2v) is 20.6. The fraction of sp³-hybridized carbons (Fsp3) is 0.773. The van der Waals surface area contributed by atoms with Crippen molar-refractivity contribution in [2.24, 2.45) is 0 Å². The number of rotatable bonds is 56. The number of carbonyl (C=O) groups is 3. The maximum absolute atomic E-state index is 12.8. The summed E-state index contributed by atoms with van der Waals surface area (Å²) in [5.74, 6) is -0.900. The summed E-state index contributed by atoms with van der Waals surface area (Å²) in [5, 5.41) is 0. The van der Waals surface area contributed by atoms with E-state index in [1.165, 1.54) is 154 Å². The van der Waals surface area contributed by atoms with Crippen molar-refractivity contribution >= 4 is 17.9 Å². The van der Waals surface area contributed by atoms with E-state index in [-0.39, 0.29) is 31.1 Å². The molecule has 0 fully saturated rings. The maximum Gasteiger partial charge on any atom is 0.306 e. The molecule has 0 saturated heterocycles. The van der Waals surface area contributed by atoms with Crippen LogP contribution in [0.25, 0.3) is 0 Å². The molecule has 0 heterocycles. The minimum Gasteiger partial charge on any atom is -0.462 e. The molecule has 0 amide bonds. The van der Waals surface area contributed by atoms with E-state index in [1.807, 2.05) is 0 Å². The Labute approximate surface area is 446 Å². The number of hydrogen-bond acceptors (Lipinski definition) is 6. The molecule has 0 saturated carbocycles. The second-order valence-electron chi connectivity index (χ2n) is 20.6. The van der Waals surface area contributed by atoms with Gasteiger partial charge in [-0.1, -0.05) is 261 Å². The van der Waals surface area contributed by atoms with Crippen molar-refractivity contribution < 1.29 is 28.6 Å². The summed E-state index contributed by atoms with van der Waals surface area (Å²) in [6.45, 7) is 6.50. The van der Waals surface area contributed by atoms with Gasteiger partial charge in [-0.25, -0.2) is 0 Å². The Morgan fingerprint density at radius 1 is 0.278 bits per heavy atom. The Morgan fingerprint density at radius 3 is 0.861 bits per heavy atom. The van der Waals surface area contributed by atoms with Gasteiger partial charge in [0.25, 0.3) is 0 Å². The highest BCUT2D eigenvalue weighted by Crippen LogP contribution is 2.16. The minimum atomic E-state index is -0.784. The summed E-state index contributed by atoms with van der Waals surface area (Å²) in [5.41, 5.74) is 0. The molecule has 1 atom stereocenters. The van der Waals surface area contributed by atoms with Crippen molar-refractivity contribution in [2.75, 3.05) is 13.2 Å². The number of carbonyl (C=O) groups excluding carboxylic acids is 3. The van der Waals surface area contributed by atoms with Gasteiger partial charge in [-0.05, 0) is 103 Å². The van der Waals surface area contributed by atoms with Crippen LogP contribution in [-0.4, -0.2) is 37.2 Å². The van der Waals surface area contributed by atoms with Gasteiger partial charge in [0.1, 0.15) is 13.2 Å². The van der Waals surface area contributed by atoms with Crippen LogP contribution >= 0.6 is 0 Å². The molecule has 72 heavy (non-hydrogen) atoms. The predicted octanol–water partition coefficient (Wildman–Crippen LogP) is 20.9. The zero-order valence-corrected chi connectivity index (χ0v) is 47.7. The predicted molar refractivity (Wildman–Crippen MR) is 311 cm³/mol. The van der Waals surface area contributed by atoms with E-state index < -0.39 is 6.10 Å². The Kier molecular flexibility index (Phi) is 57.8. The number of hydrogen-bond donors (Lipinski definition) is 0. The average Bonchev–Trinajstić information content (AvgIpc) is 3.38. The molecular weight excluding hydrogens is 889 g/mol. The van der Waals surface area contributed by atoms with Crippen LogP contribution in [0.15, 0.2) is 72.9 Å². The van der Waals surface area contributed by atoms with Crippen molar-refractivity contribution in [3.05, 3.63) is 72.9 Å². The van der Waals surface area contributed by atoms with Gasteiger partial charge < -0.3 is 14.2 Å². The van der Waals surface area contributed by atoms with Gasteiger partial charge in [0.15, 0.2) is 6.10 Å². The van der Waals surface area contributed by atoms with Crippen LogP contribution in [0.3, 0.4) is 0 Å². The number of ether oxygens (including phenoxy) is 3. The molecular formula is C66H116O6. The lowest BCUT2D eigenvalue weighted by atomic mass is 10.0. The summed E-state index contributed by atoms with van der Waals surface area (Å²) < 4.78 is 16.8. The maximum atomic E-state index is 12.8. The first-order chi connectivity index (χ1) is 35.5. The van der Waals surface area contributed by atoms with Crippen molar-refractivity contribution in [2.45, 2.75) is 316 Å². The molecule has 0 aliphatic carbocycles. The summed E-state index contributed by atoms with van der Waals surface area (Å²) in [6.07, 6.45) is 77.9. The van der Waals surface area contributed by atoms with Crippen molar-refractivity contribution in [3.8, 4) is 0 Å². The van der Waals surface area contributed by atoms with Crippen LogP contribution in [-0.2, 0) is 28.6 Å². The van der Waals surface area contributed by atoms with E-state index in [0.29, 0.717) is 19.3 Å². The third-order valence-corrected chi connectivity index (χ3v) is 13.4. The molecule has 0 bridgehead atoms. The minimum absolute atomic E-state index is 0.0821. The number of allylic oxidation sites excluding steroid dienone is 12. The molecule has 0 rings (SSSR count). The monoisotopic (exact) mass is 1000 g/mol. The summed E-state index contributed by atoms with van der Waals surface area (Å²) in [7, 11) is 0. The van der Waals surface area contributed by atoms with E-state index in [1.54, 1.807) is 0 Å². The lowest BCUT2D eigenvalue weighted by Crippen LogP contribution is -2.30. The van der Waals surface area contributed by atoms with Gasteiger partial charge >= 0.3 is 17.9 Å². The topological polar surface area (TPSA) is 78.9 Å². The van der Waals surface area contributed by atoms with E-state index in [2.05, 4.69) is 93.7 Å². The molecule has 6 nitrogen and oxygen atoms in total. The second kappa shape index (κ2) is 60.4. The standard InChI is InChI=1S/C66H116O6/c1-4-7-10-13-16-19-22-24-25-26-27-28-29-30-31-32-33-34-35-36-37-38-39-40-41-43-44-47-50-53-56-59-65(68)71-62-63(61-70-64(67)58-55-52-49-46-21-18-15-12-9-6-3)72-66(69)60-57-54-51-48-45-42-23-20-17-14-11-8-5-2/h11-12,14-15,20,22-24,26-27,29-30,63H,4-10,13,16-19,21,25,28,31-62H2,1-3H3/b14-11-,15-12-,23-20-,24-22-,27-26-,30-29-. The molecule has 0 aliphatic heterocycles. The molecule has 0 N–H and O–H groups in total. The van der Waals surface area contributed by atoms with E-state index in [9.17, 15) is 14.4 Å². The SMILES string of the molecule is CCC/C=C\C/C=C\CCCCCCCC(=O)OC(COC(=O)CCCCCCC/C=C\CCC)COC(=O)CCCCCCCCCCCCCCCCCC/C=C\C/C=C\C/C=C\CCCCCCC. The van der Waals surface area contributed by atoms with E-state index in [4.69, 9.17) is 14.2 Å². The first kappa shape index (κ1) is 68.8. The highest BCUT2D eigenvalue weighted by atomic mass is 16.6. The zero-order valence-electron chi connectivity index (χ0n) is 47.7. The first-order valence-electron chi connectivity index (χ1n) is 30.9. The van der Waals surface area contributed by atoms with Crippen molar-refractivity contribution in [1.29, 1.82) is 0 Å². The average molecular weight is 1010 g/mol. The van der Waals surface area contributed by atoms with Gasteiger partial charge in [-0.2, -0.15) is 0 Å². The van der Waals surface area contributed by atoms with Gasteiger partial charge in [-0.15, -0.1) is 0 Å². The fourth-order valence-corrected chi connectivity index (χ4v) is 8.73. The molecule has 0 aromatic heterocycles. The largest absolute Gasteiger partial charge is 0.462 e. The van der Waals surface area contributed by atoms with Gasteiger partial charge in [0, 0.05) is 19.3 Å². The highest BCUT2D eigenvalue weighted by molar-refractivity contribution is 5.71. The summed E-state index contributed by atoms with van der Waals surface area (Å²) in [4.78, 5) is 38.1. The van der Waals surface area contributed by atoms with Gasteiger partial charge in [0.2, 0.25) is 0 Å². The first-order valence-corrected chi connectivity index (χ1v) is 30.9. The van der Waals surface area contributed by atoms with Crippen molar-refractivity contribution in [1.82, 2.24) is 0 Å². The highest BCUT2D eigenvalue weighted by Gasteiger charge is 2.19. The van der Waals surface area contributed by atoms with E-state index in [0.717, 1.165) is 116 Å². The smallest absolute Gasteiger partial charge is 0.306 e. The summed E-state index contributed by atoms with van der Waals surface area (Å²) in [6, 6.07) is 0. The van der Waals surface area contributed by atoms with Gasteiger partial charge in [-0.3, -0.25) is 14.4 Å². The summed E-state index contributed by atoms with van der Waals surface area (Å²) >= 11 is 0. The van der Waals surface area contributed by atoms with Crippen LogP contribution < -0.4 is 0 Å². The van der Waals surface area contributed by atoms with Crippen LogP contribution in [0.4, 0.5) is 0 Å². The van der Waals surface area contributed by atoms with E-state index >= 15 is 0 Å². The molecule has 0 aromatic carbocycles. The Bertz CT molecular complexity index is 1340. The normalized spacial score (nSPS) is 12.5. The van der Waals surface area contributed by atoms with Crippen LogP contribution in [0.1, 0.15) is 310 Å². The van der Waals surface area contributed by atoms with Crippen LogP contribution in [0.2, 0.25) is 0 Å². The Balaban J connectivity index is 4.09. The Morgan fingerprint density at radius 2 is 0.528 bits per heavy atom. The third-order valence-electron chi connectivity index (χ3n) is 13.4. The molecule has 0 spiro atoms. The molecule has 0 radical (unpaired) electrons. The molecule has 6 heteroatoms. The molecule has 0 aromatic rings. The lowest BCUT2D eigenvalue weighted by molar-refractivity contribution is -0.167. The van der Waals surface area contributed by atoms with Gasteiger partial charge in [0.05, 0.1) is 0 Å². The lowest BCUT2D eigenvalue weighted by Gasteiger charge is -2.18. The van der Waals surface area contributed by atoms with Crippen LogP contribution in [0.5, 0.6) is 0 Å². The number of esters is 3. The molecule has 1 unspecified atom stereocenters. The quantitative estimate of drug-likeness (QED) is 0.0261. The van der Waals surface area contributed by atoms with Crippen molar-refractivity contribution in [3.63, 3.8) is 0 Å².